The Labute approximate surface area is 146 Å². The first-order valence-electron chi connectivity index (χ1n) is 7.99. The summed E-state index contributed by atoms with van der Waals surface area (Å²) in [6.07, 6.45) is 1.17. The molecule has 4 N–H and O–H groups in total. The van der Waals surface area contributed by atoms with Gasteiger partial charge in [-0.15, -0.1) is 11.8 Å². The molecule has 0 saturated carbocycles. The highest BCUT2D eigenvalue weighted by atomic mass is 32.2. The fraction of sp³-hybridized carbons (Fsp3) is 0.643. The number of nitrogens with zero attached hydrogens (tertiary/aromatic N) is 3. The minimum atomic E-state index is -0.969. The molecule has 1 aromatic rings. The molecule has 5 heterocycles. The molecule has 2 bridgehead atoms. The second-order valence-corrected chi connectivity index (χ2v) is 7.89. The van der Waals surface area contributed by atoms with Crippen molar-refractivity contribution in [3.8, 4) is 0 Å². The third kappa shape index (κ3) is 2.81. The Kier molecular flexibility index (Phi) is 4.00. The smallest absolute Gasteiger partial charge is 0.340 e. The number of nitrogens with one attached hydrogen (secondary N) is 1. The van der Waals surface area contributed by atoms with E-state index in [1.165, 1.54) is 16.7 Å². The van der Waals surface area contributed by atoms with Crippen LogP contribution in [-0.4, -0.2) is 78.6 Å². The van der Waals surface area contributed by atoms with Gasteiger partial charge in [-0.1, -0.05) is 6.08 Å². The van der Waals surface area contributed by atoms with Gasteiger partial charge in [0.15, 0.2) is 0 Å². The van der Waals surface area contributed by atoms with Gasteiger partial charge in [-0.2, -0.15) is 4.68 Å². The highest BCUT2D eigenvalue weighted by Crippen LogP contribution is 2.39. The topological polar surface area (TPSA) is 135 Å². The Bertz CT molecular complexity index is 764. The number of aliphatic hydroxyl groups excluding tert-OH is 2. The quantitative estimate of drug-likeness (QED) is 0.410. The van der Waals surface area contributed by atoms with Gasteiger partial charge < -0.3 is 15.3 Å². The number of thioether (sulfide) groups is 1. The maximum atomic E-state index is 11.7. The number of hydrogen-bond acceptors (Lipinski definition) is 9. The molecule has 4 aliphatic heterocycles. The van der Waals surface area contributed by atoms with Gasteiger partial charge in [0.05, 0.1) is 5.03 Å². The van der Waals surface area contributed by atoms with E-state index in [0.29, 0.717) is 17.9 Å². The molecule has 0 radical (unpaired) electrons. The summed E-state index contributed by atoms with van der Waals surface area (Å²) in [5.74, 6) is -0.969. The van der Waals surface area contributed by atoms with E-state index in [1.54, 1.807) is 4.90 Å². The molecule has 3 saturated heterocycles. The molecule has 5 unspecified atom stereocenters. The number of carboxylic acids is 1. The average molecular weight is 370 g/mol. The van der Waals surface area contributed by atoms with Crippen LogP contribution in [0.5, 0.6) is 0 Å². The van der Waals surface area contributed by atoms with E-state index in [1.807, 2.05) is 6.08 Å². The number of aromatic nitrogens is 1. The SMILES string of the molecule is O=C(O)C1C(CC2CC=C(Nn3c(=O)c3=O)S2)N2C(O)CN1CC2O. The lowest BCUT2D eigenvalue weighted by Gasteiger charge is -2.56. The number of rotatable bonds is 5. The van der Waals surface area contributed by atoms with Crippen molar-refractivity contribution in [1.82, 2.24) is 14.5 Å². The van der Waals surface area contributed by atoms with E-state index in [4.69, 9.17) is 0 Å². The zero-order chi connectivity index (χ0) is 17.9. The molecule has 11 heteroatoms. The largest absolute Gasteiger partial charge is 0.480 e. The Morgan fingerprint density at radius 2 is 1.88 bits per heavy atom. The van der Waals surface area contributed by atoms with Crippen LogP contribution in [0.1, 0.15) is 12.8 Å². The molecule has 5 atom stereocenters. The molecular formula is C14H18N4O6S. The summed E-state index contributed by atoms with van der Waals surface area (Å²) >= 11 is 1.42. The van der Waals surface area contributed by atoms with Crippen LogP contribution in [0.2, 0.25) is 0 Å². The minimum Gasteiger partial charge on any atom is -0.480 e. The van der Waals surface area contributed by atoms with Crippen molar-refractivity contribution in [3.63, 3.8) is 0 Å². The molecule has 0 spiro atoms. The Morgan fingerprint density at radius 3 is 2.44 bits per heavy atom. The monoisotopic (exact) mass is 370 g/mol. The molecule has 25 heavy (non-hydrogen) atoms. The van der Waals surface area contributed by atoms with Crippen molar-refractivity contribution < 1.29 is 20.1 Å². The van der Waals surface area contributed by atoms with E-state index < -0.39 is 41.6 Å². The predicted molar refractivity (Wildman–Crippen MR) is 88.0 cm³/mol. The third-order valence-corrected chi connectivity index (χ3v) is 6.23. The van der Waals surface area contributed by atoms with Crippen molar-refractivity contribution in [3.05, 3.63) is 31.8 Å². The Balaban J connectivity index is 1.44. The van der Waals surface area contributed by atoms with Gasteiger partial charge in [0.25, 0.3) is 0 Å². The van der Waals surface area contributed by atoms with Gasteiger partial charge in [-0.25, -0.2) is 4.90 Å². The van der Waals surface area contributed by atoms with Gasteiger partial charge in [0, 0.05) is 24.4 Å². The molecular weight excluding hydrogens is 352 g/mol. The number of piperazine rings is 3. The van der Waals surface area contributed by atoms with E-state index in [0.717, 1.165) is 4.68 Å². The van der Waals surface area contributed by atoms with Crippen molar-refractivity contribution in [1.29, 1.82) is 0 Å². The van der Waals surface area contributed by atoms with Crippen molar-refractivity contribution >= 4 is 17.7 Å². The van der Waals surface area contributed by atoms with Crippen LogP contribution in [0.15, 0.2) is 20.7 Å². The van der Waals surface area contributed by atoms with Crippen LogP contribution in [0.3, 0.4) is 0 Å². The molecule has 1 aromatic heterocycles. The number of carboxylic acid groups (broad SMARTS) is 1. The molecule has 4 aliphatic rings. The summed E-state index contributed by atoms with van der Waals surface area (Å²) in [6.45, 7) is 0.402. The van der Waals surface area contributed by atoms with E-state index in [9.17, 15) is 29.7 Å². The molecule has 3 fully saturated rings. The second kappa shape index (κ2) is 5.95. The fourth-order valence-electron chi connectivity index (χ4n) is 3.87. The van der Waals surface area contributed by atoms with Crippen LogP contribution >= 0.6 is 11.8 Å². The fourth-order valence-corrected chi connectivity index (χ4v) is 5.06. The number of carbonyl (C=O) groups is 1. The second-order valence-electron chi connectivity index (χ2n) is 6.55. The summed E-state index contributed by atoms with van der Waals surface area (Å²) in [5.41, 5.74) is 1.57. The third-order valence-electron chi connectivity index (χ3n) is 5.00. The number of aliphatic carboxylic acids is 1. The first-order valence-corrected chi connectivity index (χ1v) is 8.87. The maximum Gasteiger partial charge on any atom is 0.340 e. The van der Waals surface area contributed by atoms with Crippen LogP contribution in [0.25, 0.3) is 0 Å². The van der Waals surface area contributed by atoms with Gasteiger partial charge in [-0.3, -0.25) is 24.7 Å². The highest BCUT2D eigenvalue weighted by Gasteiger charge is 2.52. The molecule has 136 valence electrons. The van der Waals surface area contributed by atoms with Crippen LogP contribution < -0.4 is 16.5 Å². The number of aliphatic hydroxyl groups is 2. The summed E-state index contributed by atoms with van der Waals surface area (Å²) in [5, 5.41) is 30.6. The number of allylic oxidation sites excluding steroid dienone is 1. The zero-order valence-corrected chi connectivity index (χ0v) is 13.9. The lowest BCUT2D eigenvalue weighted by atomic mass is 9.91. The first-order chi connectivity index (χ1) is 11.9. The van der Waals surface area contributed by atoms with Gasteiger partial charge >= 0.3 is 17.1 Å². The maximum absolute atomic E-state index is 11.7. The molecule has 0 aromatic carbocycles. The first kappa shape index (κ1) is 16.8. The predicted octanol–water partition coefficient (Wildman–Crippen LogP) is -2.55. The van der Waals surface area contributed by atoms with Gasteiger partial charge in [0.1, 0.15) is 18.5 Å². The van der Waals surface area contributed by atoms with Crippen molar-refractivity contribution in [2.45, 2.75) is 42.6 Å². The standard InChI is InChI=1S/C14H18N4O6S/c19-9-4-16-5-10(20)17(9)7(11(16)14(23)24)3-6-1-2-8(25-6)15-18-12(21)13(18)22/h2,6-7,9-11,15,19-20H,1,3-5H2,(H,23,24). The molecule has 10 nitrogen and oxygen atoms in total. The Morgan fingerprint density at radius 1 is 1.24 bits per heavy atom. The summed E-state index contributed by atoms with van der Waals surface area (Å²) < 4.78 is 0.923. The summed E-state index contributed by atoms with van der Waals surface area (Å²) in [7, 11) is 0. The Hall–Kier alpha value is -1.66. The van der Waals surface area contributed by atoms with E-state index in [-0.39, 0.29) is 18.3 Å². The van der Waals surface area contributed by atoms with Gasteiger partial charge in [-0.05, 0) is 12.8 Å². The van der Waals surface area contributed by atoms with Crippen LogP contribution in [0, 0.1) is 0 Å². The lowest BCUT2D eigenvalue weighted by Crippen LogP contribution is -2.75. The van der Waals surface area contributed by atoms with Crippen molar-refractivity contribution in [2.75, 3.05) is 18.5 Å². The average Bonchev–Trinajstić information content (AvgIpc) is 2.93. The van der Waals surface area contributed by atoms with Gasteiger partial charge in [0.2, 0.25) is 0 Å². The zero-order valence-electron chi connectivity index (χ0n) is 13.1. The van der Waals surface area contributed by atoms with Crippen LogP contribution in [-0.2, 0) is 4.79 Å². The molecule has 0 aliphatic carbocycles. The highest BCUT2D eigenvalue weighted by molar-refractivity contribution is 8.04. The van der Waals surface area contributed by atoms with E-state index in [2.05, 4.69) is 5.43 Å². The number of hydrogen-bond donors (Lipinski definition) is 4. The summed E-state index contributed by atoms with van der Waals surface area (Å²) in [4.78, 5) is 36.8. The van der Waals surface area contributed by atoms with E-state index >= 15 is 0 Å². The molecule has 5 rings (SSSR count). The van der Waals surface area contributed by atoms with Crippen molar-refractivity contribution in [2.24, 2.45) is 0 Å². The summed E-state index contributed by atoms with van der Waals surface area (Å²) in [6, 6.07) is -1.29. The normalized spacial score (nSPS) is 40.4. The number of fused-ring (bicyclic) bond motifs is 3. The lowest BCUT2D eigenvalue weighted by molar-refractivity contribution is -0.234. The van der Waals surface area contributed by atoms with Crippen LogP contribution in [0.4, 0.5) is 0 Å². The minimum absolute atomic E-state index is 0.0273. The molecule has 0 amide bonds.